The molecule has 0 aliphatic carbocycles. The van der Waals surface area contributed by atoms with Crippen LogP contribution in [-0.4, -0.2) is 9.36 Å². The van der Waals surface area contributed by atoms with Gasteiger partial charge < -0.3 is 5.32 Å². The second-order valence-corrected chi connectivity index (χ2v) is 4.36. The first-order valence-electron chi connectivity index (χ1n) is 4.91. The summed E-state index contributed by atoms with van der Waals surface area (Å²) in [5.74, 6) is 1.28. The standard InChI is InChI=1S/C11H13N3S/c1-8(2)10-13-11(15-14-10)12-9-6-4-3-5-7-9/h3-8H,1-2H3,(H,12,13,14). The molecule has 3 nitrogen and oxygen atoms in total. The van der Waals surface area contributed by atoms with Crippen molar-refractivity contribution in [3.05, 3.63) is 36.2 Å². The summed E-state index contributed by atoms with van der Waals surface area (Å²) >= 11 is 1.40. The molecule has 0 fully saturated rings. The van der Waals surface area contributed by atoms with Crippen LogP contribution in [0.25, 0.3) is 0 Å². The summed E-state index contributed by atoms with van der Waals surface area (Å²) in [6, 6.07) is 10.00. The fraction of sp³-hybridized carbons (Fsp3) is 0.273. The Labute approximate surface area is 93.4 Å². The molecule has 2 rings (SSSR count). The van der Waals surface area contributed by atoms with Gasteiger partial charge in [-0.15, -0.1) is 0 Å². The predicted octanol–water partition coefficient (Wildman–Crippen LogP) is 3.41. The maximum absolute atomic E-state index is 4.40. The molecule has 0 saturated carbocycles. The van der Waals surface area contributed by atoms with Gasteiger partial charge in [0.2, 0.25) is 5.13 Å². The molecule has 0 saturated heterocycles. The van der Waals surface area contributed by atoms with E-state index in [1.54, 1.807) is 0 Å². The molecule has 4 heteroatoms. The van der Waals surface area contributed by atoms with Gasteiger partial charge in [0.1, 0.15) is 5.82 Å². The normalized spacial score (nSPS) is 10.6. The van der Waals surface area contributed by atoms with Crippen LogP contribution in [0.4, 0.5) is 10.8 Å². The molecule has 1 aromatic carbocycles. The number of rotatable bonds is 3. The van der Waals surface area contributed by atoms with Crippen molar-refractivity contribution >= 4 is 22.4 Å². The van der Waals surface area contributed by atoms with E-state index in [0.717, 1.165) is 16.6 Å². The molecule has 0 aliphatic rings. The molecule has 0 bridgehead atoms. The number of anilines is 2. The first kappa shape index (κ1) is 10.1. The van der Waals surface area contributed by atoms with E-state index in [1.807, 2.05) is 30.3 Å². The molecular weight excluding hydrogens is 206 g/mol. The Morgan fingerprint density at radius 1 is 1.20 bits per heavy atom. The smallest absolute Gasteiger partial charge is 0.207 e. The van der Waals surface area contributed by atoms with Gasteiger partial charge in [0, 0.05) is 23.1 Å². The lowest BCUT2D eigenvalue weighted by atomic mass is 10.2. The van der Waals surface area contributed by atoms with E-state index in [9.17, 15) is 0 Å². The largest absolute Gasteiger partial charge is 0.330 e. The van der Waals surface area contributed by atoms with Crippen LogP contribution in [0.2, 0.25) is 0 Å². The molecule has 1 N–H and O–H groups in total. The van der Waals surface area contributed by atoms with Crippen LogP contribution < -0.4 is 5.32 Å². The van der Waals surface area contributed by atoms with Crippen molar-refractivity contribution in [2.24, 2.45) is 0 Å². The third kappa shape index (κ3) is 2.53. The average molecular weight is 219 g/mol. The summed E-state index contributed by atoms with van der Waals surface area (Å²) in [6.07, 6.45) is 0. The zero-order chi connectivity index (χ0) is 10.7. The van der Waals surface area contributed by atoms with Gasteiger partial charge in [-0.25, -0.2) is 4.98 Å². The lowest BCUT2D eigenvalue weighted by molar-refractivity contribution is 0.800. The van der Waals surface area contributed by atoms with Crippen LogP contribution >= 0.6 is 11.5 Å². The molecule has 0 unspecified atom stereocenters. The molecule has 0 atom stereocenters. The molecule has 0 amide bonds. The lowest BCUT2D eigenvalue weighted by Gasteiger charge is -2.00. The van der Waals surface area contributed by atoms with E-state index >= 15 is 0 Å². The molecule has 1 heterocycles. The number of nitrogens with one attached hydrogen (secondary N) is 1. The second-order valence-electron chi connectivity index (χ2n) is 3.60. The summed E-state index contributed by atoms with van der Waals surface area (Å²) < 4.78 is 4.28. The highest BCUT2D eigenvalue weighted by atomic mass is 32.1. The van der Waals surface area contributed by atoms with Crippen molar-refractivity contribution in [3.63, 3.8) is 0 Å². The van der Waals surface area contributed by atoms with Crippen molar-refractivity contribution in [3.8, 4) is 0 Å². The van der Waals surface area contributed by atoms with Crippen molar-refractivity contribution in [1.82, 2.24) is 9.36 Å². The van der Waals surface area contributed by atoms with E-state index in [1.165, 1.54) is 11.5 Å². The summed E-state index contributed by atoms with van der Waals surface area (Å²) in [5, 5.41) is 4.08. The number of benzene rings is 1. The number of para-hydroxylation sites is 1. The molecule has 15 heavy (non-hydrogen) atoms. The van der Waals surface area contributed by atoms with Gasteiger partial charge in [-0.3, -0.25) is 0 Å². The molecule has 0 spiro atoms. The predicted molar refractivity (Wildman–Crippen MR) is 63.7 cm³/mol. The third-order valence-corrected chi connectivity index (χ3v) is 2.63. The van der Waals surface area contributed by atoms with Crippen molar-refractivity contribution in [1.29, 1.82) is 0 Å². The van der Waals surface area contributed by atoms with Gasteiger partial charge in [0.05, 0.1) is 0 Å². The quantitative estimate of drug-likeness (QED) is 0.859. The van der Waals surface area contributed by atoms with Gasteiger partial charge in [-0.2, -0.15) is 4.37 Å². The Kier molecular flexibility index (Phi) is 2.97. The number of nitrogens with zero attached hydrogens (tertiary/aromatic N) is 2. The van der Waals surface area contributed by atoms with Gasteiger partial charge in [-0.1, -0.05) is 32.0 Å². The maximum Gasteiger partial charge on any atom is 0.207 e. The maximum atomic E-state index is 4.40. The Hall–Kier alpha value is -1.42. The molecular formula is C11H13N3S. The average Bonchev–Trinajstić information content (AvgIpc) is 2.68. The first-order valence-corrected chi connectivity index (χ1v) is 5.68. The van der Waals surface area contributed by atoms with E-state index in [0.29, 0.717) is 5.92 Å². The minimum Gasteiger partial charge on any atom is -0.330 e. The van der Waals surface area contributed by atoms with Crippen LogP contribution in [-0.2, 0) is 0 Å². The Morgan fingerprint density at radius 3 is 2.53 bits per heavy atom. The Bertz CT molecular complexity index is 422. The minimum absolute atomic E-state index is 0.382. The fourth-order valence-corrected chi connectivity index (χ4v) is 1.89. The van der Waals surface area contributed by atoms with Crippen LogP contribution in [0.15, 0.2) is 30.3 Å². The van der Waals surface area contributed by atoms with E-state index in [4.69, 9.17) is 0 Å². The molecule has 0 radical (unpaired) electrons. The summed E-state index contributed by atoms with van der Waals surface area (Å²) in [5.41, 5.74) is 1.05. The SMILES string of the molecule is CC(C)c1nsc(Nc2ccccc2)n1. The molecule has 0 aliphatic heterocycles. The van der Waals surface area contributed by atoms with E-state index in [-0.39, 0.29) is 0 Å². The Morgan fingerprint density at radius 2 is 1.93 bits per heavy atom. The van der Waals surface area contributed by atoms with Gasteiger partial charge in [-0.05, 0) is 12.1 Å². The second kappa shape index (κ2) is 4.40. The lowest BCUT2D eigenvalue weighted by Crippen LogP contribution is -1.92. The minimum atomic E-state index is 0.382. The van der Waals surface area contributed by atoms with Crippen LogP contribution in [0.1, 0.15) is 25.6 Å². The summed E-state index contributed by atoms with van der Waals surface area (Å²) in [7, 11) is 0. The van der Waals surface area contributed by atoms with E-state index in [2.05, 4.69) is 28.5 Å². The van der Waals surface area contributed by atoms with E-state index < -0.39 is 0 Å². The molecule has 78 valence electrons. The van der Waals surface area contributed by atoms with Crippen LogP contribution in [0.3, 0.4) is 0 Å². The number of aromatic nitrogens is 2. The number of hydrogen-bond acceptors (Lipinski definition) is 4. The molecule has 1 aromatic heterocycles. The highest BCUT2D eigenvalue weighted by Crippen LogP contribution is 2.21. The van der Waals surface area contributed by atoms with Crippen molar-refractivity contribution in [2.45, 2.75) is 19.8 Å². The van der Waals surface area contributed by atoms with Gasteiger partial charge in [0.25, 0.3) is 0 Å². The van der Waals surface area contributed by atoms with Crippen LogP contribution in [0, 0.1) is 0 Å². The van der Waals surface area contributed by atoms with Gasteiger partial charge in [0.15, 0.2) is 0 Å². The van der Waals surface area contributed by atoms with Gasteiger partial charge >= 0.3 is 0 Å². The highest BCUT2D eigenvalue weighted by Gasteiger charge is 2.06. The fourth-order valence-electron chi connectivity index (χ4n) is 1.17. The molecule has 2 aromatic rings. The topological polar surface area (TPSA) is 37.8 Å². The number of hydrogen-bond donors (Lipinski definition) is 1. The summed E-state index contributed by atoms with van der Waals surface area (Å²) in [4.78, 5) is 4.40. The van der Waals surface area contributed by atoms with Crippen LogP contribution in [0.5, 0.6) is 0 Å². The highest BCUT2D eigenvalue weighted by molar-refractivity contribution is 7.09. The summed E-state index contributed by atoms with van der Waals surface area (Å²) in [6.45, 7) is 4.18. The van der Waals surface area contributed by atoms with Crippen molar-refractivity contribution in [2.75, 3.05) is 5.32 Å². The van der Waals surface area contributed by atoms with Crippen molar-refractivity contribution < 1.29 is 0 Å². The zero-order valence-electron chi connectivity index (χ0n) is 8.77. The third-order valence-electron chi connectivity index (χ3n) is 1.98. The zero-order valence-corrected chi connectivity index (χ0v) is 9.58. The first-order chi connectivity index (χ1) is 7.25. The Balaban J connectivity index is 2.12. The monoisotopic (exact) mass is 219 g/mol.